The highest BCUT2D eigenvalue weighted by molar-refractivity contribution is 6.62. The maximum Gasteiger partial charge on any atom is 0.492 e. The maximum atomic E-state index is 11.0. The molecule has 7 aromatic carbocycles. The summed E-state index contributed by atoms with van der Waals surface area (Å²) in [4.78, 5) is 0. The molecule has 38 heavy (non-hydrogen) atoms. The van der Waals surface area contributed by atoms with Crippen molar-refractivity contribution in [3.63, 3.8) is 0 Å². The summed E-state index contributed by atoms with van der Waals surface area (Å²) < 4.78 is 6.56. The van der Waals surface area contributed by atoms with Gasteiger partial charge in [-0.25, -0.2) is 0 Å². The highest BCUT2D eigenvalue weighted by atomic mass is 16.5. The Morgan fingerprint density at radius 2 is 1.18 bits per heavy atom. The Balaban J connectivity index is 1.35. The third-order valence-electron chi connectivity index (χ3n) is 8.73. The second kappa shape index (κ2) is 7.11. The molecule has 0 radical (unpaired) electrons. The number of benzene rings is 7. The summed E-state index contributed by atoms with van der Waals surface area (Å²) in [6.45, 7) is 0. The highest BCUT2D eigenvalue weighted by Gasteiger charge is 2.54. The van der Waals surface area contributed by atoms with E-state index in [1.54, 1.807) is 0 Å². The van der Waals surface area contributed by atoms with Crippen LogP contribution in [-0.2, 0) is 10.3 Å². The molecule has 0 amide bonds. The predicted molar refractivity (Wildman–Crippen MR) is 156 cm³/mol. The maximum absolute atomic E-state index is 11.0. The zero-order valence-electron chi connectivity index (χ0n) is 20.5. The van der Waals surface area contributed by atoms with E-state index in [1.165, 1.54) is 37.9 Å². The summed E-state index contributed by atoms with van der Waals surface area (Å²) in [7, 11) is -0.969. The van der Waals surface area contributed by atoms with Crippen molar-refractivity contribution < 1.29 is 9.68 Å². The lowest BCUT2D eigenvalue weighted by molar-refractivity contribution is 0.149. The fourth-order valence-corrected chi connectivity index (χ4v) is 7.14. The van der Waals surface area contributed by atoms with E-state index in [0.29, 0.717) is 0 Å². The molecule has 1 N–H and O–H groups in total. The molecule has 0 aromatic heterocycles. The van der Waals surface area contributed by atoms with Crippen LogP contribution in [0.3, 0.4) is 0 Å². The van der Waals surface area contributed by atoms with Gasteiger partial charge < -0.3 is 9.68 Å². The van der Waals surface area contributed by atoms with Gasteiger partial charge in [-0.3, -0.25) is 0 Å². The summed E-state index contributed by atoms with van der Waals surface area (Å²) in [6, 6.07) is 43.2. The molecule has 1 atom stereocenters. The van der Waals surface area contributed by atoms with E-state index in [9.17, 15) is 5.02 Å². The quantitative estimate of drug-likeness (QED) is 0.197. The van der Waals surface area contributed by atoms with Gasteiger partial charge in [-0.2, -0.15) is 0 Å². The summed E-state index contributed by atoms with van der Waals surface area (Å²) >= 11 is 0. The molecule has 0 fully saturated rings. The Hall–Kier alpha value is -4.44. The van der Waals surface area contributed by atoms with Gasteiger partial charge in [0.1, 0.15) is 5.60 Å². The summed E-state index contributed by atoms with van der Waals surface area (Å²) in [5.74, 6) is 0. The van der Waals surface area contributed by atoms with Crippen LogP contribution < -0.4 is 5.46 Å². The monoisotopic (exact) mass is 484 g/mol. The lowest BCUT2D eigenvalue weighted by Crippen LogP contribution is -2.30. The molecule has 1 unspecified atom stereocenters. The minimum Gasteiger partial charge on any atom is -0.423 e. The van der Waals surface area contributed by atoms with Gasteiger partial charge in [0.25, 0.3) is 0 Å². The lowest BCUT2D eigenvalue weighted by atomic mass is 9.76. The van der Waals surface area contributed by atoms with Crippen LogP contribution in [0.5, 0.6) is 0 Å². The molecule has 2 nitrogen and oxygen atoms in total. The molecule has 0 saturated heterocycles. The Morgan fingerprint density at radius 3 is 2.05 bits per heavy atom. The van der Waals surface area contributed by atoms with Crippen LogP contribution in [0.1, 0.15) is 16.7 Å². The first-order valence-corrected chi connectivity index (χ1v) is 13.1. The molecule has 1 spiro atoms. The standard InChI is InChI=1S/C35H21BO2/c37-36-32-11-4-3-10-30(32)35(38-36)29-9-2-1-8-26(29)27-18-16-24(20-31(27)35)25-17-14-23-13-12-21-6-5-7-22-15-19-28(25)34(23)33(21)22/h1-20,37H. The number of hydrogen-bond donors (Lipinski definition) is 1. The SMILES string of the molecule is OB1OC2(c3ccccc31)c1ccccc1-c1ccc(-c3ccc4ccc5cccc6ccc3c4c56)cc12. The van der Waals surface area contributed by atoms with Gasteiger partial charge in [-0.05, 0) is 82.8 Å². The van der Waals surface area contributed by atoms with Gasteiger partial charge in [-0.1, -0.05) is 115 Å². The van der Waals surface area contributed by atoms with Crippen LogP contribution in [0.15, 0.2) is 121 Å². The molecule has 3 heteroatoms. The second-order valence-corrected chi connectivity index (χ2v) is 10.5. The van der Waals surface area contributed by atoms with Crippen molar-refractivity contribution in [2.75, 3.05) is 0 Å². The van der Waals surface area contributed by atoms with E-state index in [-0.39, 0.29) is 0 Å². The van der Waals surface area contributed by atoms with Gasteiger partial charge in [0, 0.05) is 0 Å². The first kappa shape index (κ1) is 20.6. The van der Waals surface area contributed by atoms with Crippen molar-refractivity contribution in [2.45, 2.75) is 5.60 Å². The molecule has 0 saturated carbocycles. The second-order valence-electron chi connectivity index (χ2n) is 10.5. The topological polar surface area (TPSA) is 29.5 Å². The molecular formula is C35H21BO2. The molecule has 7 aromatic rings. The Bertz CT molecular complexity index is 2080. The first-order valence-electron chi connectivity index (χ1n) is 13.1. The summed E-state index contributed by atoms with van der Waals surface area (Å²) in [5, 5.41) is 18.7. The minimum atomic E-state index is -0.969. The average molecular weight is 484 g/mol. The fraction of sp³-hybridized carbons (Fsp3) is 0.0286. The Kier molecular flexibility index (Phi) is 3.85. The van der Waals surface area contributed by atoms with E-state index >= 15 is 0 Å². The molecule has 176 valence electrons. The van der Waals surface area contributed by atoms with Crippen molar-refractivity contribution in [3.8, 4) is 22.3 Å². The third kappa shape index (κ3) is 2.41. The van der Waals surface area contributed by atoms with Crippen LogP contribution in [0.4, 0.5) is 0 Å². The fourth-order valence-electron chi connectivity index (χ4n) is 7.14. The van der Waals surface area contributed by atoms with Gasteiger partial charge >= 0.3 is 7.12 Å². The average Bonchev–Trinajstić information content (AvgIpc) is 3.43. The van der Waals surface area contributed by atoms with Crippen LogP contribution in [0.25, 0.3) is 54.6 Å². The van der Waals surface area contributed by atoms with E-state index in [2.05, 4.69) is 103 Å². The smallest absolute Gasteiger partial charge is 0.423 e. The van der Waals surface area contributed by atoms with E-state index in [1.807, 2.05) is 18.2 Å². The van der Waals surface area contributed by atoms with Gasteiger partial charge in [-0.15, -0.1) is 0 Å². The number of fused-ring (bicyclic) bond motifs is 7. The zero-order valence-corrected chi connectivity index (χ0v) is 20.5. The van der Waals surface area contributed by atoms with Crippen molar-refractivity contribution in [1.29, 1.82) is 0 Å². The van der Waals surface area contributed by atoms with Crippen molar-refractivity contribution in [3.05, 3.63) is 138 Å². The number of hydrogen-bond acceptors (Lipinski definition) is 2. The first-order chi connectivity index (χ1) is 18.7. The van der Waals surface area contributed by atoms with Crippen LogP contribution in [-0.4, -0.2) is 12.1 Å². The number of rotatable bonds is 1. The van der Waals surface area contributed by atoms with Crippen LogP contribution in [0, 0.1) is 0 Å². The zero-order chi connectivity index (χ0) is 25.0. The molecule has 2 aliphatic rings. The van der Waals surface area contributed by atoms with E-state index < -0.39 is 12.7 Å². The predicted octanol–water partition coefficient (Wildman–Crippen LogP) is 7.24. The molecule has 1 aliphatic heterocycles. The molecular weight excluding hydrogens is 463 g/mol. The molecule has 1 aliphatic carbocycles. The summed E-state index contributed by atoms with van der Waals surface area (Å²) in [6.07, 6.45) is 0. The Labute approximate surface area is 220 Å². The largest absolute Gasteiger partial charge is 0.492 e. The van der Waals surface area contributed by atoms with Crippen LogP contribution >= 0.6 is 0 Å². The van der Waals surface area contributed by atoms with E-state index in [4.69, 9.17) is 4.65 Å². The third-order valence-corrected chi connectivity index (χ3v) is 8.73. The minimum absolute atomic E-state index is 0.832. The molecule has 1 heterocycles. The van der Waals surface area contributed by atoms with Gasteiger partial charge in [0.15, 0.2) is 0 Å². The van der Waals surface area contributed by atoms with Gasteiger partial charge in [0.2, 0.25) is 0 Å². The van der Waals surface area contributed by atoms with Crippen LogP contribution in [0.2, 0.25) is 0 Å². The molecule has 9 rings (SSSR count). The van der Waals surface area contributed by atoms with Crippen molar-refractivity contribution in [1.82, 2.24) is 0 Å². The van der Waals surface area contributed by atoms with Gasteiger partial charge in [0.05, 0.1) is 0 Å². The summed E-state index contributed by atoms with van der Waals surface area (Å²) in [5.41, 5.74) is 7.88. The molecule has 0 bridgehead atoms. The lowest BCUT2D eigenvalue weighted by Gasteiger charge is -2.29. The van der Waals surface area contributed by atoms with Crippen molar-refractivity contribution in [2.24, 2.45) is 0 Å². The normalized spacial score (nSPS) is 17.6. The van der Waals surface area contributed by atoms with E-state index in [0.717, 1.165) is 38.8 Å². The highest BCUT2D eigenvalue weighted by Crippen LogP contribution is 2.55. The van der Waals surface area contributed by atoms with Crippen molar-refractivity contribution >= 4 is 44.9 Å². The Morgan fingerprint density at radius 1 is 0.526 bits per heavy atom.